The molecule has 0 aliphatic heterocycles. The van der Waals surface area contributed by atoms with Gasteiger partial charge in [-0.3, -0.25) is 9.59 Å². The van der Waals surface area contributed by atoms with Crippen LogP contribution in [0.15, 0.2) is 53.0 Å². The van der Waals surface area contributed by atoms with Crippen LogP contribution in [-0.4, -0.2) is 28.8 Å². The van der Waals surface area contributed by atoms with Crippen molar-refractivity contribution >= 4 is 27.7 Å². The van der Waals surface area contributed by atoms with Crippen molar-refractivity contribution < 1.29 is 9.59 Å². The molecule has 2 aromatic rings. The van der Waals surface area contributed by atoms with Crippen LogP contribution in [0, 0.1) is 0 Å². The highest BCUT2D eigenvalue weighted by Crippen LogP contribution is 2.17. The molecule has 2 aromatic carbocycles. The van der Waals surface area contributed by atoms with E-state index in [1.807, 2.05) is 45.0 Å². The molecule has 0 bridgehead atoms. The number of carbonyl (C=O) groups is 2. The Hall–Kier alpha value is -2.14. The van der Waals surface area contributed by atoms with Gasteiger partial charge in [0.15, 0.2) is 0 Å². The summed E-state index contributed by atoms with van der Waals surface area (Å²) >= 11 is 3.49. The second-order valence-corrected chi connectivity index (χ2v) is 8.73. The third-order valence-corrected chi connectivity index (χ3v) is 5.96. The van der Waals surface area contributed by atoms with Crippen molar-refractivity contribution in [3.05, 3.63) is 69.7 Å². The standard InChI is InChI=1S/C25H33BrN2O2/c1-5-18(3)27-25(30)19(4)28(17-22-8-7-9-23(26)16-22)24(29)15-14-21-12-10-20(6-2)11-13-21/h7-13,16,18-19H,5-6,14-15,17H2,1-4H3,(H,27,30). The van der Waals surface area contributed by atoms with Gasteiger partial charge in [0.05, 0.1) is 0 Å². The average molecular weight is 473 g/mol. The Labute approximate surface area is 189 Å². The molecule has 5 heteroatoms. The van der Waals surface area contributed by atoms with E-state index in [4.69, 9.17) is 0 Å². The van der Waals surface area contributed by atoms with Crippen LogP contribution in [0.2, 0.25) is 0 Å². The Morgan fingerprint density at radius 2 is 1.67 bits per heavy atom. The number of rotatable bonds is 10. The fourth-order valence-electron chi connectivity index (χ4n) is 3.22. The zero-order valence-electron chi connectivity index (χ0n) is 18.5. The SMILES string of the molecule is CCc1ccc(CCC(=O)N(Cc2cccc(Br)c2)C(C)C(=O)NC(C)CC)cc1. The summed E-state index contributed by atoms with van der Waals surface area (Å²) in [5, 5.41) is 3.01. The van der Waals surface area contributed by atoms with Gasteiger partial charge < -0.3 is 10.2 Å². The van der Waals surface area contributed by atoms with E-state index in [0.29, 0.717) is 19.4 Å². The highest BCUT2D eigenvalue weighted by Gasteiger charge is 2.26. The van der Waals surface area contributed by atoms with Crippen molar-refractivity contribution in [2.24, 2.45) is 0 Å². The number of carbonyl (C=O) groups excluding carboxylic acids is 2. The van der Waals surface area contributed by atoms with Crippen LogP contribution in [-0.2, 0) is 29.0 Å². The number of hydrogen-bond donors (Lipinski definition) is 1. The van der Waals surface area contributed by atoms with Crippen molar-refractivity contribution in [3.63, 3.8) is 0 Å². The smallest absolute Gasteiger partial charge is 0.242 e. The average Bonchev–Trinajstić information content (AvgIpc) is 2.75. The normalized spacial score (nSPS) is 12.8. The molecule has 2 amide bonds. The molecule has 0 spiro atoms. The molecule has 2 rings (SSSR count). The van der Waals surface area contributed by atoms with Gasteiger partial charge >= 0.3 is 0 Å². The Morgan fingerprint density at radius 1 is 1.00 bits per heavy atom. The van der Waals surface area contributed by atoms with E-state index < -0.39 is 6.04 Å². The lowest BCUT2D eigenvalue weighted by atomic mass is 10.0. The van der Waals surface area contributed by atoms with Crippen LogP contribution >= 0.6 is 15.9 Å². The maximum absolute atomic E-state index is 13.2. The number of halogens is 1. The fraction of sp³-hybridized carbons (Fsp3) is 0.440. The number of aryl methyl sites for hydroxylation is 2. The molecule has 0 aliphatic carbocycles. The first-order valence-electron chi connectivity index (χ1n) is 10.8. The van der Waals surface area contributed by atoms with Gasteiger partial charge in [0.2, 0.25) is 11.8 Å². The molecule has 2 unspecified atom stereocenters. The minimum atomic E-state index is -0.534. The van der Waals surface area contributed by atoms with Gasteiger partial charge in [-0.2, -0.15) is 0 Å². The molecule has 0 aliphatic rings. The van der Waals surface area contributed by atoms with E-state index in [1.54, 1.807) is 4.90 Å². The van der Waals surface area contributed by atoms with Crippen LogP contribution in [0.1, 0.15) is 57.2 Å². The second kappa shape index (κ2) is 11.9. The van der Waals surface area contributed by atoms with Gasteiger partial charge in [0.1, 0.15) is 6.04 Å². The second-order valence-electron chi connectivity index (χ2n) is 7.82. The molecular weight excluding hydrogens is 440 g/mol. The third kappa shape index (κ3) is 7.28. The van der Waals surface area contributed by atoms with E-state index >= 15 is 0 Å². The van der Waals surface area contributed by atoms with Crippen molar-refractivity contribution in [2.75, 3.05) is 0 Å². The molecule has 0 fully saturated rings. The quantitative estimate of drug-likeness (QED) is 0.511. The summed E-state index contributed by atoms with van der Waals surface area (Å²) in [5.41, 5.74) is 3.42. The summed E-state index contributed by atoms with van der Waals surface area (Å²) in [6.45, 7) is 8.35. The van der Waals surface area contributed by atoms with Crippen LogP contribution in [0.5, 0.6) is 0 Å². The lowest BCUT2D eigenvalue weighted by Crippen LogP contribution is -2.49. The molecule has 0 saturated carbocycles. The fourth-order valence-corrected chi connectivity index (χ4v) is 3.66. The monoisotopic (exact) mass is 472 g/mol. The van der Waals surface area contributed by atoms with Crippen molar-refractivity contribution in [2.45, 2.75) is 72.0 Å². The largest absolute Gasteiger partial charge is 0.352 e. The number of hydrogen-bond acceptors (Lipinski definition) is 2. The van der Waals surface area contributed by atoms with Crippen molar-refractivity contribution in [1.82, 2.24) is 10.2 Å². The van der Waals surface area contributed by atoms with Gasteiger partial charge in [-0.25, -0.2) is 0 Å². The van der Waals surface area contributed by atoms with Gasteiger partial charge in [0, 0.05) is 23.5 Å². The summed E-state index contributed by atoms with van der Waals surface area (Å²) in [6, 6.07) is 15.8. The zero-order valence-corrected chi connectivity index (χ0v) is 20.0. The summed E-state index contributed by atoms with van der Waals surface area (Å²) in [7, 11) is 0. The van der Waals surface area contributed by atoms with Crippen LogP contribution in [0.3, 0.4) is 0 Å². The van der Waals surface area contributed by atoms with Gasteiger partial charge in [0.25, 0.3) is 0 Å². The summed E-state index contributed by atoms with van der Waals surface area (Å²) < 4.78 is 0.958. The Balaban J connectivity index is 2.13. The van der Waals surface area contributed by atoms with Crippen molar-refractivity contribution in [1.29, 1.82) is 0 Å². The minimum Gasteiger partial charge on any atom is -0.352 e. The summed E-state index contributed by atoms with van der Waals surface area (Å²) in [6.07, 6.45) is 2.90. The molecule has 0 radical (unpaired) electrons. The first kappa shape index (κ1) is 24.1. The van der Waals surface area contributed by atoms with Gasteiger partial charge in [-0.05, 0) is 61.9 Å². The first-order chi connectivity index (χ1) is 14.3. The molecule has 0 heterocycles. The molecule has 0 aromatic heterocycles. The predicted molar refractivity (Wildman–Crippen MR) is 126 cm³/mol. The van der Waals surface area contributed by atoms with Crippen LogP contribution < -0.4 is 5.32 Å². The molecule has 1 N–H and O–H groups in total. The zero-order chi connectivity index (χ0) is 22.1. The number of nitrogens with zero attached hydrogens (tertiary/aromatic N) is 1. The van der Waals surface area contributed by atoms with E-state index in [9.17, 15) is 9.59 Å². The van der Waals surface area contributed by atoms with Crippen LogP contribution in [0.4, 0.5) is 0 Å². The number of benzene rings is 2. The number of nitrogens with one attached hydrogen (secondary N) is 1. The highest BCUT2D eigenvalue weighted by atomic mass is 79.9. The lowest BCUT2D eigenvalue weighted by Gasteiger charge is -2.30. The molecule has 0 saturated heterocycles. The van der Waals surface area contributed by atoms with Gasteiger partial charge in [-0.1, -0.05) is 66.2 Å². The van der Waals surface area contributed by atoms with Gasteiger partial charge in [-0.15, -0.1) is 0 Å². The van der Waals surface area contributed by atoms with E-state index in [-0.39, 0.29) is 17.9 Å². The maximum Gasteiger partial charge on any atom is 0.242 e. The molecule has 162 valence electrons. The van der Waals surface area contributed by atoms with E-state index in [0.717, 1.165) is 28.4 Å². The molecule has 30 heavy (non-hydrogen) atoms. The van der Waals surface area contributed by atoms with E-state index in [2.05, 4.69) is 52.4 Å². The maximum atomic E-state index is 13.2. The third-order valence-electron chi connectivity index (χ3n) is 5.47. The Morgan fingerprint density at radius 3 is 2.27 bits per heavy atom. The Kier molecular flexibility index (Phi) is 9.57. The van der Waals surface area contributed by atoms with E-state index in [1.165, 1.54) is 5.56 Å². The molecule has 2 atom stereocenters. The molecule has 4 nitrogen and oxygen atoms in total. The minimum absolute atomic E-state index is 0.0126. The molecular formula is C25H33BrN2O2. The lowest BCUT2D eigenvalue weighted by molar-refractivity contribution is -0.140. The topological polar surface area (TPSA) is 49.4 Å². The summed E-state index contributed by atoms with van der Waals surface area (Å²) in [5.74, 6) is -0.124. The summed E-state index contributed by atoms with van der Waals surface area (Å²) in [4.78, 5) is 27.6. The van der Waals surface area contributed by atoms with Crippen molar-refractivity contribution in [3.8, 4) is 0 Å². The van der Waals surface area contributed by atoms with Crippen LogP contribution in [0.25, 0.3) is 0 Å². The highest BCUT2D eigenvalue weighted by molar-refractivity contribution is 9.10. The number of amides is 2. The predicted octanol–water partition coefficient (Wildman–Crippen LogP) is 5.28. The Bertz CT molecular complexity index is 835. The first-order valence-corrected chi connectivity index (χ1v) is 11.5.